The summed E-state index contributed by atoms with van der Waals surface area (Å²) < 4.78 is 0. The molecule has 2 nitrogen and oxygen atoms in total. The molecule has 1 aliphatic rings. The zero-order valence-corrected chi connectivity index (χ0v) is 11.1. The molecule has 0 aliphatic carbocycles. The van der Waals surface area contributed by atoms with Gasteiger partial charge in [0.05, 0.1) is 0 Å². The first-order valence-electron chi connectivity index (χ1n) is 6.61. The maximum absolute atomic E-state index is 9.98. The Morgan fingerprint density at radius 2 is 2.18 bits per heavy atom. The van der Waals surface area contributed by atoms with E-state index in [0.29, 0.717) is 11.8 Å². The molecule has 1 aromatic rings. The van der Waals surface area contributed by atoms with Gasteiger partial charge in [-0.15, -0.1) is 0 Å². The number of likely N-dealkylation sites (tertiary alicyclic amines) is 1. The van der Waals surface area contributed by atoms with Crippen molar-refractivity contribution in [3.05, 3.63) is 29.3 Å². The molecule has 0 bridgehead atoms. The largest absolute Gasteiger partial charge is 0.508 e. The summed E-state index contributed by atoms with van der Waals surface area (Å²) in [5.74, 6) is 1.21. The number of nitrogens with zero attached hydrogens (tertiary/aromatic N) is 1. The highest BCUT2D eigenvalue weighted by Gasteiger charge is 2.23. The molecule has 2 heteroatoms. The highest BCUT2D eigenvalue weighted by molar-refractivity contribution is 5.37. The lowest BCUT2D eigenvalue weighted by Gasteiger charge is -2.36. The highest BCUT2D eigenvalue weighted by Crippen LogP contribution is 2.31. The Balaban J connectivity index is 2.18. The number of aromatic hydroxyl groups is 1. The standard InChI is InChI=1S/C15H23NO/c1-11-6-7-15(17)14(9-11)13(3)16-8-4-5-12(2)10-16/h6-7,9,12-13,17H,4-5,8,10H2,1-3H3. The van der Waals surface area contributed by atoms with Crippen molar-refractivity contribution in [1.29, 1.82) is 0 Å². The average Bonchev–Trinajstić information content (AvgIpc) is 2.31. The molecule has 2 rings (SSSR count). The second-order valence-corrected chi connectivity index (χ2v) is 5.48. The number of aryl methyl sites for hydroxylation is 1. The van der Waals surface area contributed by atoms with E-state index in [2.05, 4.69) is 31.7 Å². The van der Waals surface area contributed by atoms with Crippen LogP contribution >= 0.6 is 0 Å². The average molecular weight is 233 g/mol. The normalized spacial score (nSPS) is 23.6. The molecule has 1 heterocycles. The van der Waals surface area contributed by atoms with Crippen LogP contribution < -0.4 is 0 Å². The Morgan fingerprint density at radius 1 is 1.41 bits per heavy atom. The Morgan fingerprint density at radius 3 is 2.88 bits per heavy atom. The lowest BCUT2D eigenvalue weighted by molar-refractivity contribution is 0.137. The number of phenols is 1. The monoisotopic (exact) mass is 233 g/mol. The summed E-state index contributed by atoms with van der Waals surface area (Å²) in [5.41, 5.74) is 2.29. The van der Waals surface area contributed by atoms with Crippen molar-refractivity contribution < 1.29 is 5.11 Å². The first-order valence-corrected chi connectivity index (χ1v) is 6.61. The summed E-state index contributed by atoms with van der Waals surface area (Å²) in [7, 11) is 0. The molecule has 0 aromatic heterocycles. The molecule has 0 radical (unpaired) electrons. The molecule has 0 saturated carbocycles. The van der Waals surface area contributed by atoms with Crippen LogP contribution in [-0.2, 0) is 0 Å². The molecule has 0 amide bonds. The third-order valence-electron chi connectivity index (χ3n) is 3.87. The number of piperidine rings is 1. The number of rotatable bonds is 2. The highest BCUT2D eigenvalue weighted by atomic mass is 16.3. The van der Waals surface area contributed by atoms with Crippen LogP contribution in [-0.4, -0.2) is 23.1 Å². The van der Waals surface area contributed by atoms with E-state index in [4.69, 9.17) is 0 Å². The van der Waals surface area contributed by atoms with Gasteiger partial charge in [-0.3, -0.25) is 4.90 Å². The summed E-state index contributed by atoms with van der Waals surface area (Å²) in [6.07, 6.45) is 2.61. The molecule has 2 unspecified atom stereocenters. The zero-order chi connectivity index (χ0) is 12.4. The van der Waals surface area contributed by atoms with Gasteiger partial charge in [0.1, 0.15) is 5.75 Å². The second-order valence-electron chi connectivity index (χ2n) is 5.48. The predicted octanol–water partition coefficient (Wildman–Crippen LogP) is 3.49. The zero-order valence-electron chi connectivity index (χ0n) is 11.1. The first kappa shape index (κ1) is 12.4. The van der Waals surface area contributed by atoms with E-state index < -0.39 is 0 Å². The number of hydrogen-bond donors (Lipinski definition) is 1. The van der Waals surface area contributed by atoms with Gasteiger partial charge in [0.2, 0.25) is 0 Å². The Hall–Kier alpha value is -1.02. The predicted molar refractivity (Wildman–Crippen MR) is 71.2 cm³/mol. The topological polar surface area (TPSA) is 23.5 Å². The molecular formula is C15H23NO. The van der Waals surface area contributed by atoms with E-state index in [-0.39, 0.29) is 0 Å². The molecular weight excluding hydrogens is 210 g/mol. The third-order valence-corrected chi connectivity index (χ3v) is 3.87. The van der Waals surface area contributed by atoms with Gasteiger partial charge in [-0.25, -0.2) is 0 Å². The van der Waals surface area contributed by atoms with Crippen LogP contribution in [0.1, 0.15) is 43.9 Å². The summed E-state index contributed by atoms with van der Waals surface area (Å²) >= 11 is 0. The minimum Gasteiger partial charge on any atom is -0.508 e. The van der Waals surface area contributed by atoms with Gasteiger partial charge in [0.25, 0.3) is 0 Å². The van der Waals surface area contributed by atoms with Crippen molar-refractivity contribution in [1.82, 2.24) is 4.90 Å². The number of benzene rings is 1. The van der Waals surface area contributed by atoms with Crippen LogP contribution in [0.5, 0.6) is 5.75 Å². The Labute approximate surface area is 104 Å². The molecule has 1 fully saturated rings. The van der Waals surface area contributed by atoms with Crippen LogP contribution in [0.2, 0.25) is 0 Å². The number of phenolic OH excluding ortho intramolecular Hbond substituents is 1. The van der Waals surface area contributed by atoms with Crippen LogP contribution in [0.25, 0.3) is 0 Å². The van der Waals surface area contributed by atoms with E-state index in [1.807, 2.05) is 12.1 Å². The molecule has 1 aliphatic heterocycles. The van der Waals surface area contributed by atoms with Crippen molar-refractivity contribution in [2.75, 3.05) is 13.1 Å². The molecule has 2 atom stereocenters. The van der Waals surface area contributed by atoms with Crippen LogP contribution in [0.15, 0.2) is 18.2 Å². The van der Waals surface area contributed by atoms with Gasteiger partial charge in [0.15, 0.2) is 0 Å². The van der Waals surface area contributed by atoms with E-state index >= 15 is 0 Å². The molecule has 1 aromatic carbocycles. The minimum absolute atomic E-state index is 0.317. The van der Waals surface area contributed by atoms with Crippen molar-refractivity contribution in [3.63, 3.8) is 0 Å². The van der Waals surface area contributed by atoms with E-state index in [1.165, 1.54) is 18.4 Å². The second kappa shape index (κ2) is 5.09. The van der Waals surface area contributed by atoms with Crippen molar-refractivity contribution in [2.45, 2.75) is 39.7 Å². The molecule has 94 valence electrons. The van der Waals surface area contributed by atoms with Gasteiger partial charge in [0, 0.05) is 18.2 Å². The van der Waals surface area contributed by atoms with Gasteiger partial charge >= 0.3 is 0 Å². The molecule has 0 spiro atoms. The first-order chi connectivity index (χ1) is 8.08. The fourth-order valence-electron chi connectivity index (χ4n) is 2.78. The van der Waals surface area contributed by atoms with Gasteiger partial charge in [-0.2, -0.15) is 0 Å². The fourth-order valence-corrected chi connectivity index (χ4v) is 2.78. The lowest BCUT2D eigenvalue weighted by Crippen LogP contribution is -2.36. The third kappa shape index (κ3) is 2.81. The lowest BCUT2D eigenvalue weighted by atomic mass is 9.96. The quantitative estimate of drug-likeness (QED) is 0.845. The maximum Gasteiger partial charge on any atom is 0.120 e. The molecule has 1 N–H and O–H groups in total. The van der Waals surface area contributed by atoms with Gasteiger partial charge in [-0.1, -0.05) is 24.6 Å². The van der Waals surface area contributed by atoms with Crippen LogP contribution in [0, 0.1) is 12.8 Å². The summed E-state index contributed by atoms with van der Waals surface area (Å²) in [6.45, 7) is 8.89. The van der Waals surface area contributed by atoms with Crippen LogP contribution in [0.3, 0.4) is 0 Å². The van der Waals surface area contributed by atoms with Crippen molar-refractivity contribution in [2.24, 2.45) is 5.92 Å². The minimum atomic E-state index is 0.317. The fraction of sp³-hybridized carbons (Fsp3) is 0.600. The van der Waals surface area contributed by atoms with E-state index in [0.717, 1.165) is 24.6 Å². The Kier molecular flexibility index (Phi) is 3.72. The smallest absolute Gasteiger partial charge is 0.120 e. The summed E-state index contributed by atoms with van der Waals surface area (Å²) in [5, 5.41) is 9.98. The molecule has 17 heavy (non-hydrogen) atoms. The maximum atomic E-state index is 9.98. The van der Waals surface area contributed by atoms with Crippen molar-refractivity contribution in [3.8, 4) is 5.75 Å². The number of hydrogen-bond acceptors (Lipinski definition) is 2. The summed E-state index contributed by atoms with van der Waals surface area (Å²) in [6, 6.07) is 6.20. The van der Waals surface area contributed by atoms with Crippen LogP contribution in [0.4, 0.5) is 0 Å². The SMILES string of the molecule is Cc1ccc(O)c(C(C)N2CCCC(C)C2)c1. The van der Waals surface area contributed by atoms with Crippen molar-refractivity contribution >= 4 is 0 Å². The summed E-state index contributed by atoms with van der Waals surface area (Å²) in [4.78, 5) is 2.49. The van der Waals surface area contributed by atoms with E-state index in [9.17, 15) is 5.11 Å². The van der Waals surface area contributed by atoms with E-state index in [1.54, 1.807) is 0 Å². The van der Waals surface area contributed by atoms with Gasteiger partial charge < -0.3 is 5.11 Å². The van der Waals surface area contributed by atoms with Gasteiger partial charge in [-0.05, 0) is 45.2 Å². The molecule has 1 saturated heterocycles. The Bertz CT molecular complexity index is 389.